The molecule has 0 unspecified atom stereocenters. The van der Waals surface area contributed by atoms with E-state index in [0.717, 1.165) is 31.2 Å². The normalized spacial score (nSPS) is 13.4. The Morgan fingerprint density at radius 3 is 2.36 bits per heavy atom. The van der Waals surface area contributed by atoms with Gasteiger partial charge < -0.3 is 14.2 Å². The van der Waals surface area contributed by atoms with Crippen LogP contribution in [0.1, 0.15) is 38.0 Å². The third kappa shape index (κ3) is 3.72. The third-order valence-electron chi connectivity index (χ3n) is 6.77. The molecular formula is C28H26BrN3O4. The van der Waals surface area contributed by atoms with Gasteiger partial charge in [0.15, 0.2) is 5.78 Å². The molecule has 36 heavy (non-hydrogen) atoms. The molecule has 0 saturated carbocycles. The maximum absolute atomic E-state index is 13.5. The van der Waals surface area contributed by atoms with Gasteiger partial charge in [0, 0.05) is 58.1 Å². The van der Waals surface area contributed by atoms with Crippen LogP contribution in [0.2, 0.25) is 0 Å². The molecule has 0 radical (unpaired) electrons. The Bertz CT molecular complexity index is 1600. The summed E-state index contributed by atoms with van der Waals surface area (Å²) in [7, 11) is 7.37. The maximum atomic E-state index is 13.5. The van der Waals surface area contributed by atoms with Crippen molar-refractivity contribution in [3.63, 3.8) is 0 Å². The summed E-state index contributed by atoms with van der Waals surface area (Å²) in [6, 6.07) is 13.1. The summed E-state index contributed by atoms with van der Waals surface area (Å²) in [5, 5.41) is 1.63. The zero-order valence-corrected chi connectivity index (χ0v) is 22.4. The van der Waals surface area contributed by atoms with E-state index in [4.69, 9.17) is 4.74 Å². The third-order valence-corrected chi connectivity index (χ3v) is 7.26. The average Bonchev–Trinajstić information content (AvgIpc) is 3.24. The number of halogens is 1. The van der Waals surface area contributed by atoms with E-state index in [9.17, 15) is 14.4 Å². The van der Waals surface area contributed by atoms with E-state index in [2.05, 4.69) is 15.9 Å². The van der Waals surface area contributed by atoms with Gasteiger partial charge >= 0.3 is 0 Å². The second-order valence-electron chi connectivity index (χ2n) is 9.38. The van der Waals surface area contributed by atoms with Crippen LogP contribution in [0.3, 0.4) is 0 Å². The van der Waals surface area contributed by atoms with Crippen molar-refractivity contribution in [3.05, 3.63) is 63.6 Å². The second-order valence-corrected chi connectivity index (χ2v) is 10.3. The quantitative estimate of drug-likeness (QED) is 0.247. The van der Waals surface area contributed by atoms with Crippen LogP contribution >= 0.6 is 15.9 Å². The fourth-order valence-electron chi connectivity index (χ4n) is 4.84. The van der Waals surface area contributed by atoms with Gasteiger partial charge in [-0.15, -0.1) is 0 Å². The molecule has 2 heterocycles. The van der Waals surface area contributed by atoms with E-state index in [1.165, 1.54) is 14.0 Å². The summed E-state index contributed by atoms with van der Waals surface area (Å²) >= 11 is 3.54. The van der Waals surface area contributed by atoms with Crippen LogP contribution in [-0.2, 0) is 7.05 Å². The van der Waals surface area contributed by atoms with Gasteiger partial charge in [-0.3, -0.25) is 19.3 Å². The number of rotatable bonds is 6. The standard InChI is InChI=1S/C28H26BrN3O4/c1-15(33)16-6-9-23(36-11-10-30(2)3)18(12-16)19-14-22-24(26-25(19)27(34)32(5)28(26)35)20-13-17(29)7-8-21(20)31(22)4/h6-9,12-14H,10-11H2,1-5H3. The number of aromatic nitrogens is 1. The maximum Gasteiger partial charge on any atom is 0.262 e. The number of fused-ring (bicyclic) bond motifs is 5. The Morgan fingerprint density at radius 2 is 1.67 bits per heavy atom. The molecule has 0 fully saturated rings. The number of aryl methyl sites for hydroxylation is 1. The van der Waals surface area contributed by atoms with Crippen LogP contribution in [0.25, 0.3) is 32.9 Å². The lowest BCUT2D eigenvalue weighted by Crippen LogP contribution is -2.24. The molecular weight excluding hydrogens is 522 g/mol. The van der Waals surface area contributed by atoms with Crippen LogP contribution in [0.5, 0.6) is 5.75 Å². The zero-order chi connectivity index (χ0) is 25.9. The van der Waals surface area contributed by atoms with E-state index < -0.39 is 0 Å². The smallest absolute Gasteiger partial charge is 0.262 e. The largest absolute Gasteiger partial charge is 0.492 e. The van der Waals surface area contributed by atoms with Gasteiger partial charge in [-0.25, -0.2) is 0 Å². The number of ether oxygens (including phenoxy) is 1. The minimum atomic E-state index is -0.369. The first-order valence-electron chi connectivity index (χ1n) is 11.6. The number of imide groups is 1. The summed E-state index contributed by atoms with van der Waals surface area (Å²) in [5.74, 6) is -0.249. The monoisotopic (exact) mass is 547 g/mol. The van der Waals surface area contributed by atoms with Gasteiger partial charge in [-0.05, 0) is 63.5 Å². The number of hydrogen-bond acceptors (Lipinski definition) is 5. The number of benzene rings is 3. The summed E-state index contributed by atoms with van der Waals surface area (Å²) < 4.78 is 9.04. The number of Topliss-reactive ketones (excluding diaryl/α,β-unsaturated/α-hetero) is 1. The van der Waals surface area contributed by atoms with Gasteiger partial charge in [0.05, 0.1) is 16.6 Å². The predicted octanol–water partition coefficient (Wildman–Crippen LogP) is 5.13. The minimum absolute atomic E-state index is 0.0946. The van der Waals surface area contributed by atoms with E-state index >= 15 is 0 Å². The van der Waals surface area contributed by atoms with Crippen molar-refractivity contribution in [1.29, 1.82) is 0 Å². The predicted molar refractivity (Wildman–Crippen MR) is 144 cm³/mol. The van der Waals surface area contributed by atoms with Crippen molar-refractivity contribution >= 4 is 55.3 Å². The fraction of sp³-hybridized carbons (Fsp3) is 0.250. The molecule has 1 aromatic heterocycles. The van der Waals surface area contributed by atoms with Crippen molar-refractivity contribution in [2.75, 3.05) is 34.3 Å². The van der Waals surface area contributed by atoms with Crippen LogP contribution < -0.4 is 4.74 Å². The molecule has 5 rings (SSSR count). The van der Waals surface area contributed by atoms with Crippen LogP contribution in [0.15, 0.2) is 46.9 Å². The molecule has 3 aromatic carbocycles. The average molecular weight is 548 g/mol. The Labute approximate surface area is 217 Å². The topological polar surface area (TPSA) is 71.8 Å². The summed E-state index contributed by atoms with van der Waals surface area (Å²) in [4.78, 5) is 42.4. The number of carbonyl (C=O) groups is 3. The zero-order valence-electron chi connectivity index (χ0n) is 20.8. The van der Waals surface area contributed by atoms with Crippen molar-refractivity contribution in [3.8, 4) is 16.9 Å². The first kappa shape index (κ1) is 24.2. The SMILES string of the molecule is CC(=O)c1ccc(OCCN(C)C)c(-c2cc3c(c4c2C(=O)N(C)C4=O)c2cc(Br)ccc2n3C)c1. The second kappa shape index (κ2) is 8.87. The molecule has 0 aliphatic carbocycles. The number of hydrogen-bond donors (Lipinski definition) is 0. The van der Waals surface area contributed by atoms with Gasteiger partial charge in [0.25, 0.3) is 11.8 Å². The van der Waals surface area contributed by atoms with E-state index in [-0.39, 0.29) is 17.6 Å². The Balaban J connectivity index is 1.87. The van der Waals surface area contributed by atoms with Crippen LogP contribution in [0.4, 0.5) is 0 Å². The molecule has 2 amide bonds. The number of amides is 2. The van der Waals surface area contributed by atoms with Gasteiger partial charge in [-0.1, -0.05) is 15.9 Å². The highest BCUT2D eigenvalue weighted by atomic mass is 79.9. The van der Waals surface area contributed by atoms with E-state index in [1.807, 2.05) is 54.9 Å². The first-order valence-corrected chi connectivity index (χ1v) is 12.4. The lowest BCUT2D eigenvalue weighted by Gasteiger charge is -2.17. The number of carbonyl (C=O) groups excluding carboxylic acids is 3. The molecule has 1 aliphatic heterocycles. The lowest BCUT2D eigenvalue weighted by atomic mass is 9.91. The van der Waals surface area contributed by atoms with E-state index in [0.29, 0.717) is 46.7 Å². The molecule has 0 atom stereocenters. The molecule has 0 bridgehead atoms. The number of ketones is 1. The highest BCUT2D eigenvalue weighted by Crippen LogP contribution is 2.44. The van der Waals surface area contributed by atoms with Crippen molar-refractivity contribution in [2.24, 2.45) is 7.05 Å². The Morgan fingerprint density at radius 1 is 0.944 bits per heavy atom. The molecule has 7 nitrogen and oxygen atoms in total. The molecule has 0 N–H and O–H groups in total. The number of nitrogens with zero attached hydrogens (tertiary/aromatic N) is 3. The molecule has 184 valence electrons. The van der Waals surface area contributed by atoms with Crippen molar-refractivity contribution in [1.82, 2.24) is 14.4 Å². The van der Waals surface area contributed by atoms with Gasteiger partial charge in [-0.2, -0.15) is 0 Å². The summed E-state index contributed by atoms with van der Waals surface area (Å²) in [5.41, 5.74) is 4.18. The Kier molecular flexibility index (Phi) is 5.97. The minimum Gasteiger partial charge on any atom is -0.492 e. The van der Waals surface area contributed by atoms with Crippen LogP contribution in [0, 0.1) is 0 Å². The molecule has 1 aliphatic rings. The van der Waals surface area contributed by atoms with Crippen LogP contribution in [-0.4, -0.2) is 66.3 Å². The summed E-state index contributed by atoms with van der Waals surface area (Å²) in [6.07, 6.45) is 0. The molecule has 8 heteroatoms. The van der Waals surface area contributed by atoms with Gasteiger partial charge in [0.1, 0.15) is 12.4 Å². The number of likely N-dealkylation sites (N-methyl/N-ethyl adjacent to an activating group) is 1. The van der Waals surface area contributed by atoms with Crippen molar-refractivity contribution in [2.45, 2.75) is 6.92 Å². The Hall–Kier alpha value is -3.49. The van der Waals surface area contributed by atoms with E-state index in [1.54, 1.807) is 18.2 Å². The fourth-order valence-corrected chi connectivity index (χ4v) is 5.20. The highest BCUT2D eigenvalue weighted by Gasteiger charge is 2.39. The summed E-state index contributed by atoms with van der Waals surface area (Å²) in [6.45, 7) is 2.63. The van der Waals surface area contributed by atoms with Crippen molar-refractivity contribution < 1.29 is 19.1 Å². The first-order chi connectivity index (χ1) is 17.1. The molecule has 0 saturated heterocycles. The lowest BCUT2D eigenvalue weighted by molar-refractivity contribution is 0.0693. The van der Waals surface area contributed by atoms with Gasteiger partial charge in [0.2, 0.25) is 0 Å². The highest BCUT2D eigenvalue weighted by molar-refractivity contribution is 9.10. The molecule has 4 aromatic rings. The molecule has 0 spiro atoms.